The van der Waals surface area contributed by atoms with E-state index < -0.39 is 0 Å². The summed E-state index contributed by atoms with van der Waals surface area (Å²) in [4.78, 5) is 18.0. The molecule has 2 aromatic carbocycles. The molecule has 0 atom stereocenters. The van der Waals surface area contributed by atoms with Crippen molar-refractivity contribution in [3.05, 3.63) is 83.4 Å². The topological polar surface area (TPSA) is 52.2 Å². The van der Waals surface area contributed by atoms with Crippen molar-refractivity contribution in [3.63, 3.8) is 0 Å². The Morgan fingerprint density at radius 3 is 2.60 bits per heavy atom. The quantitative estimate of drug-likeness (QED) is 0.490. The summed E-state index contributed by atoms with van der Waals surface area (Å²) in [5, 5.41) is 6.34. The van der Waals surface area contributed by atoms with Crippen LogP contribution in [-0.2, 0) is 0 Å². The van der Waals surface area contributed by atoms with Gasteiger partial charge in [0.05, 0.1) is 11.7 Å². The third kappa shape index (κ3) is 2.19. The standard InChI is InChI=1S/C19H12N4OS/c24-18-16(22-11-10-13-6-4-5-9-15(13)22)12-20-19-23(18)21-17(25-19)14-7-2-1-3-8-14/h1-12H. The smallest absolute Gasteiger partial charge is 0.299 e. The molecule has 0 spiro atoms. The average molecular weight is 344 g/mol. The Morgan fingerprint density at radius 2 is 1.72 bits per heavy atom. The van der Waals surface area contributed by atoms with Gasteiger partial charge in [0.15, 0.2) is 0 Å². The van der Waals surface area contributed by atoms with E-state index in [0.29, 0.717) is 10.6 Å². The second-order valence-electron chi connectivity index (χ2n) is 5.66. The van der Waals surface area contributed by atoms with Crippen LogP contribution < -0.4 is 5.56 Å². The summed E-state index contributed by atoms with van der Waals surface area (Å²) < 4.78 is 3.25. The van der Waals surface area contributed by atoms with Crippen LogP contribution in [0, 0.1) is 0 Å². The SMILES string of the molecule is O=c1c(-n2ccc3ccccc32)cnc2sc(-c3ccccc3)nn12. The lowest BCUT2D eigenvalue weighted by Crippen LogP contribution is -2.20. The molecule has 5 nitrogen and oxygen atoms in total. The Morgan fingerprint density at radius 1 is 0.920 bits per heavy atom. The zero-order valence-electron chi connectivity index (χ0n) is 13.0. The van der Waals surface area contributed by atoms with Gasteiger partial charge in [-0.2, -0.15) is 9.61 Å². The summed E-state index contributed by atoms with van der Waals surface area (Å²) in [7, 11) is 0. The van der Waals surface area contributed by atoms with Gasteiger partial charge in [-0.25, -0.2) is 4.98 Å². The molecule has 0 N–H and O–H groups in total. The highest BCUT2D eigenvalue weighted by Gasteiger charge is 2.13. The zero-order valence-corrected chi connectivity index (χ0v) is 13.9. The van der Waals surface area contributed by atoms with Crippen LogP contribution in [0.3, 0.4) is 0 Å². The van der Waals surface area contributed by atoms with Crippen molar-refractivity contribution in [1.82, 2.24) is 19.2 Å². The minimum Gasteiger partial charge on any atom is -0.310 e. The number of rotatable bonds is 2. The van der Waals surface area contributed by atoms with Gasteiger partial charge in [0.1, 0.15) is 10.7 Å². The molecule has 0 saturated heterocycles. The highest BCUT2D eigenvalue weighted by molar-refractivity contribution is 7.19. The van der Waals surface area contributed by atoms with Crippen LogP contribution in [-0.4, -0.2) is 19.2 Å². The lowest BCUT2D eigenvalue weighted by Gasteiger charge is -2.03. The van der Waals surface area contributed by atoms with E-state index in [1.807, 2.05) is 71.4 Å². The number of hydrogen-bond donors (Lipinski definition) is 0. The minimum absolute atomic E-state index is 0.176. The molecular formula is C19H12N4OS. The maximum Gasteiger partial charge on any atom is 0.299 e. The maximum atomic E-state index is 13.0. The molecule has 3 heterocycles. The summed E-state index contributed by atoms with van der Waals surface area (Å²) in [6.07, 6.45) is 3.51. The Kier molecular flexibility index (Phi) is 3.05. The third-order valence-corrected chi connectivity index (χ3v) is 5.12. The van der Waals surface area contributed by atoms with Crippen LogP contribution in [0.4, 0.5) is 0 Å². The molecule has 0 aliphatic rings. The first kappa shape index (κ1) is 14.1. The fourth-order valence-corrected chi connectivity index (χ4v) is 3.80. The van der Waals surface area contributed by atoms with Crippen molar-refractivity contribution in [2.45, 2.75) is 0 Å². The summed E-state index contributed by atoms with van der Waals surface area (Å²) in [5.74, 6) is 0. The van der Waals surface area contributed by atoms with E-state index >= 15 is 0 Å². The molecule has 5 aromatic rings. The number of para-hydroxylation sites is 1. The molecule has 0 amide bonds. The Labute approximate surface area is 146 Å². The van der Waals surface area contributed by atoms with E-state index in [0.717, 1.165) is 21.5 Å². The molecule has 120 valence electrons. The normalized spacial score (nSPS) is 11.4. The summed E-state index contributed by atoms with van der Waals surface area (Å²) >= 11 is 1.41. The second kappa shape index (κ2) is 5.39. The lowest BCUT2D eigenvalue weighted by molar-refractivity contribution is 0.879. The summed E-state index contributed by atoms with van der Waals surface area (Å²) in [6.45, 7) is 0. The van der Waals surface area contributed by atoms with E-state index in [-0.39, 0.29) is 5.56 Å². The Hall–Kier alpha value is -3.25. The maximum absolute atomic E-state index is 13.0. The van der Waals surface area contributed by atoms with Crippen molar-refractivity contribution < 1.29 is 0 Å². The number of benzene rings is 2. The lowest BCUT2D eigenvalue weighted by atomic mass is 10.2. The predicted molar refractivity (Wildman–Crippen MR) is 99.4 cm³/mol. The Bertz CT molecular complexity index is 1270. The van der Waals surface area contributed by atoms with Crippen molar-refractivity contribution in [1.29, 1.82) is 0 Å². The van der Waals surface area contributed by atoms with Gasteiger partial charge in [0, 0.05) is 11.8 Å². The van der Waals surface area contributed by atoms with Gasteiger partial charge in [-0.3, -0.25) is 4.79 Å². The number of hydrogen-bond acceptors (Lipinski definition) is 4. The number of aromatic nitrogens is 4. The highest BCUT2D eigenvalue weighted by atomic mass is 32.1. The van der Waals surface area contributed by atoms with Crippen molar-refractivity contribution >= 4 is 27.2 Å². The first-order valence-electron chi connectivity index (χ1n) is 7.82. The van der Waals surface area contributed by atoms with E-state index in [2.05, 4.69) is 10.1 Å². The average Bonchev–Trinajstić information content (AvgIpc) is 3.28. The van der Waals surface area contributed by atoms with Gasteiger partial charge in [0.2, 0.25) is 4.96 Å². The molecule has 0 aliphatic heterocycles. The largest absolute Gasteiger partial charge is 0.310 e. The van der Waals surface area contributed by atoms with Gasteiger partial charge < -0.3 is 4.57 Å². The molecule has 0 unspecified atom stereocenters. The molecule has 0 aliphatic carbocycles. The second-order valence-corrected chi connectivity index (χ2v) is 6.62. The fourth-order valence-electron chi connectivity index (χ4n) is 2.93. The van der Waals surface area contributed by atoms with Crippen LogP contribution >= 0.6 is 11.3 Å². The molecule has 3 aromatic heterocycles. The first-order valence-corrected chi connectivity index (χ1v) is 8.64. The van der Waals surface area contributed by atoms with Crippen LogP contribution in [0.2, 0.25) is 0 Å². The Balaban J connectivity index is 1.73. The van der Waals surface area contributed by atoms with Gasteiger partial charge in [-0.05, 0) is 17.5 Å². The van der Waals surface area contributed by atoms with Crippen LogP contribution in [0.15, 0.2) is 77.9 Å². The van der Waals surface area contributed by atoms with Crippen molar-refractivity contribution in [2.75, 3.05) is 0 Å². The first-order chi connectivity index (χ1) is 12.3. The number of fused-ring (bicyclic) bond motifs is 2. The van der Waals surface area contributed by atoms with Crippen LogP contribution in [0.1, 0.15) is 0 Å². The summed E-state index contributed by atoms with van der Waals surface area (Å²) in [5.41, 5.74) is 2.26. The molecule has 6 heteroatoms. The van der Waals surface area contributed by atoms with Crippen molar-refractivity contribution in [2.24, 2.45) is 0 Å². The van der Waals surface area contributed by atoms with E-state index in [1.54, 1.807) is 6.20 Å². The number of nitrogens with zero attached hydrogens (tertiary/aromatic N) is 4. The third-order valence-electron chi connectivity index (χ3n) is 4.15. The highest BCUT2D eigenvalue weighted by Crippen LogP contribution is 2.24. The van der Waals surface area contributed by atoms with E-state index in [9.17, 15) is 4.79 Å². The zero-order chi connectivity index (χ0) is 16.8. The molecule has 5 rings (SSSR count). The molecule has 25 heavy (non-hydrogen) atoms. The predicted octanol–water partition coefficient (Wildman–Crippen LogP) is 3.76. The molecule has 0 saturated carbocycles. The molecule has 0 radical (unpaired) electrons. The van der Waals surface area contributed by atoms with Gasteiger partial charge in [-0.15, -0.1) is 0 Å². The monoisotopic (exact) mass is 344 g/mol. The van der Waals surface area contributed by atoms with Crippen LogP contribution in [0.25, 0.3) is 32.1 Å². The van der Waals surface area contributed by atoms with Gasteiger partial charge in [0.25, 0.3) is 5.56 Å². The molecule has 0 bridgehead atoms. The molecule has 0 fully saturated rings. The fraction of sp³-hybridized carbons (Fsp3) is 0. The minimum atomic E-state index is -0.176. The van der Waals surface area contributed by atoms with Crippen LogP contribution in [0.5, 0.6) is 0 Å². The van der Waals surface area contributed by atoms with E-state index in [4.69, 9.17) is 0 Å². The van der Waals surface area contributed by atoms with Gasteiger partial charge in [-0.1, -0.05) is 59.9 Å². The van der Waals surface area contributed by atoms with E-state index in [1.165, 1.54) is 15.9 Å². The van der Waals surface area contributed by atoms with Crippen molar-refractivity contribution in [3.8, 4) is 16.3 Å². The summed E-state index contributed by atoms with van der Waals surface area (Å²) in [6, 6.07) is 19.7. The van der Waals surface area contributed by atoms with Gasteiger partial charge >= 0.3 is 0 Å². The molecular weight excluding hydrogens is 332 g/mol.